The molecule has 122 valence electrons. The van der Waals surface area contributed by atoms with E-state index in [0.717, 1.165) is 22.1 Å². The van der Waals surface area contributed by atoms with E-state index in [0.29, 0.717) is 5.39 Å². The molecule has 2 heterocycles. The highest BCUT2D eigenvalue weighted by Crippen LogP contribution is 2.24. The summed E-state index contributed by atoms with van der Waals surface area (Å²) in [4.78, 5) is 10.2. The Balaban J connectivity index is 0.000000143. The standard InChI is InChI=1S/C8H7N3O2.C8H9N3/c1-10-7-3-2-4-8(11(12)13)6(7)5-9-10;1-11-8-4-2-3-7(9)6(8)5-10-11/h2-5H,1H3;2-5H,9H2,1H3. The third-order valence-corrected chi connectivity index (χ3v) is 3.79. The van der Waals surface area contributed by atoms with Crippen molar-refractivity contribution in [3.05, 3.63) is 58.9 Å². The molecule has 8 heteroatoms. The van der Waals surface area contributed by atoms with Crippen molar-refractivity contribution in [2.45, 2.75) is 0 Å². The number of benzene rings is 2. The Hall–Kier alpha value is -3.42. The number of non-ortho nitro benzene ring substituents is 1. The molecule has 0 spiro atoms. The normalized spacial score (nSPS) is 10.6. The minimum Gasteiger partial charge on any atom is -0.398 e. The van der Waals surface area contributed by atoms with Crippen LogP contribution in [0.5, 0.6) is 0 Å². The maximum Gasteiger partial charge on any atom is 0.280 e. The largest absolute Gasteiger partial charge is 0.398 e. The van der Waals surface area contributed by atoms with Crippen molar-refractivity contribution in [1.29, 1.82) is 0 Å². The Morgan fingerprint density at radius 1 is 0.958 bits per heavy atom. The van der Waals surface area contributed by atoms with Gasteiger partial charge in [-0.25, -0.2) is 0 Å². The van der Waals surface area contributed by atoms with Crippen LogP contribution in [-0.4, -0.2) is 24.5 Å². The average Bonchev–Trinajstić information content (AvgIpc) is 3.13. The molecule has 0 bridgehead atoms. The molecule has 0 atom stereocenters. The van der Waals surface area contributed by atoms with E-state index in [1.165, 1.54) is 12.3 Å². The van der Waals surface area contributed by atoms with Crippen LogP contribution in [0, 0.1) is 10.1 Å². The molecule has 2 aromatic carbocycles. The summed E-state index contributed by atoms with van der Waals surface area (Å²) in [6.45, 7) is 0. The molecular formula is C16H16N6O2. The van der Waals surface area contributed by atoms with E-state index in [4.69, 9.17) is 5.73 Å². The molecule has 0 aliphatic heterocycles. The van der Waals surface area contributed by atoms with Crippen LogP contribution >= 0.6 is 0 Å². The number of aryl methyl sites for hydroxylation is 2. The van der Waals surface area contributed by atoms with Crippen molar-refractivity contribution in [3.63, 3.8) is 0 Å². The van der Waals surface area contributed by atoms with Crippen LogP contribution in [0.25, 0.3) is 21.8 Å². The van der Waals surface area contributed by atoms with Crippen LogP contribution < -0.4 is 5.73 Å². The predicted octanol–water partition coefficient (Wildman–Crippen LogP) is 2.64. The summed E-state index contributed by atoms with van der Waals surface area (Å²) in [5.41, 5.74) is 8.45. The third-order valence-electron chi connectivity index (χ3n) is 3.79. The quantitative estimate of drug-likeness (QED) is 0.329. The molecule has 2 N–H and O–H groups in total. The lowest BCUT2D eigenvalue weighted by atomic mass is 10.2. The smallest absolute Gasteiger partial charge is 0.280 e. The van der Waals surface area contributed by atoms with Gasteiger partial charge in [-0.1, -0.05) is 12.1 Å². The maximum atomic E-state index is 10.6. The number of fused-ring (bicyclic) bond motifs is 2. The molecular weight excluding hydrogens is 308 g/mol. The summed E-state index contributed by atoms with van der Waals surface area (Å²) in [5, 5.41) is 20.2. The van der Waals surface area contributed by atoms with Crippen LogP contribution in [-0.2, 0) is 14.1 Å². The molecule has 0 unspecified atom stereocenters. The predicted molar refractivity (Wildman–Crippen MR) is 92.5 cm³/mol. The first-order valence-corrected chi connectivity index (χ1v) is 7.20. The Morgan fingerprint density at radius 2 is 1.50 bits per heavy atom. The van der Waals surface area contributed by atoms with Crippen LogP contribution in [0.1, 0.15) is 0 Å². The summed E-state index contributed by atoms with van der Waals surface area (Å²) in [7, 11) is 3.66. The molecule has 0 radical (unpaired) electrons. The van der Waals surface area contributed by atoms with Crippen LogP contribution in [0.15, 0.2) is 48.8 Å². The number of aromatic nitrogens is 4. The van der Waals surface area contributed by atoms with Gasteiger partial charge in [-0.15, -0.1) is 0 Å². The molecule has 0 fully saturated rings. The number of nitro benzene ring substituents is 1. The van der Waals surface area contributed by atoms with E-state index in [1.54, 1.807) is 30.1 Å². The first-order valence-electron chi connectivity index (χ1n) is 7.20. The number of nitrogens with two attached hydrogens (primary N) is 1. The van der Waals surface area contributed by atoms with Gasteiger partial charge in [-0.05, 0) is 18.2 Å². The molecule has 0 saturated heterocycles. The van der Waals surface area contributed by atoms with Crippen LogP contribution in [0.2, 0.25) is 0 Å². The fourth-order valence-corrected chi connectivity index (χ4v) is 2.52. The van der Waals surface area contributed by atoms with Gasteiger partial charge in [-0.2, -0.15) is 10.2 Å². The van der Waals surface area contributed by atoms with E-state index in [1.807, 2.05) is 29.9 Å². The number of anilines is 1. The minimum absolute atomic E-state index is 0.102. The van der Waals surface area contributed by atoms with Gasteiger partial charge in [0.05, 0.1) is 33.7 Å². The Kier molecular flexibility index (Phi) is 3.87. The Bertz CT molecular complexity index is 1030. The molecule has 0 saturated carbocycles. The number of nitro groups is 1. The SMILES string of the molecule is Cn1ncc2c(N)cccc21.Cn1ncc2c([N+](=O)[O-])cccc21. The first kappa shape index (κ1) is 15.5. The zero-order valence-corrected chi connectivity index (χ0v) is 13.2. The van der Waals surface area contributed by atoms with E-state index >= 15 is 0 Å². The lowest BCUT2D eigenvalue weighted by Crippen LogP contribution is -1.90. The summed E-state index contributed by atoms with van der Waals surface area (Å²) in [6.07, 6.45) is 3.29. The van der Waals surface area contributed by atoms with Crippen molar-refractivity contribution < 1.29 is 4.92 Å². The first-order chi connectivity index (χ1) is 11.5. The van der Waals surface area contributed by atoms with Crippen molar-refractivity contribution in [2.24, 2.45) is 14.1 Å². The molecule has 8 nitrogen and oxygen atoms in total. The second-order valence-electron chi connectivity index (χ2n) is 5.28. The van der Waals surface area contributed by atoms with E-state index < -0.39 is 4.92 Å². The van der Waals surface area contributed by atoms with Crippen molar-refractivity contribution >= 4 is 33.2 Å². The van der Waals surface area contributed by atoms with Gasteiger partial charge in [-0.3, -0.25) is 19.5 Å². The number of nitrogen functional groups attached to an aromatic ring is 1. The monoisotopic (exact) mass is 324 g/mol. The Morgan fingerprint density at radius 3 is 2.08 bits per heavy atom. The molecule has 24 heavy (non-hydrogen) atoms. The van der Waals surface area contributed by atoms with Gasteiger partial charge in [0.2, 0.25) is 0 Å². The van der Waals surface area contributed by atoms with E-state index in [-0.39, 0.29) is 5.69 Å². The summed E-state index contributed by atoms with van der Waals surface area (Å²) in [5.74, 6) is 0. The number of hydrogen-bond donors (Lipinski definition) is 1. The number of hydrogen-bond acceptors (Lipinski definition) is 5. The van der Waals surface area contributed by atoms with Gasteiger partial charge in [0.1, 0.15) is 0 Å². The van der Waals surface area contributed by atoms with E-state index in [9.17, 15) is 10.1 Å². The van der Waals surface area contributed by atoms with Gasteiger partial charge in [0, 0.05) is 31.2 Å². The fraction of sp³-hybridized carbons (Fsp3) is 0.125. The molecule has 2 aromatic heterocycles. The van der Waals surface area contributed by atoms with Gasteiger partial charge in [0.25, 0.3) is 5.69 Å². The van der Waals surface area contributed by atoms with Gasteiger partial charge < -0.3 is 5.73 Å². The lowest BCUT2D eigenvalue weighted by Gasteiger charge is -1.95. The number of rotatable bonds is 1. The van der Waals surface area contributed by atoms with Crippen molar-refractivity contribution in [2.75, 3.05) is 5.73 Å². The minimum atomic E-state index is -0.399. The highest BCUT2D eigenvalue weighted by atomic mass is 16.6. The highest BCUT2D eigenvalue weighted by molar-refractivity contribution is 5.90. The van der Waals surface area contributed by atoms with Crippen molar-refractivity contribution in [3.8, 4) is 0 Å². The Labute approximate surface area is 137 Å². The highest BCUT2D eigenvalue weighted by Gasteiger charge is 2.12. The zero-order valence-electron chi connectivity index (χ0n) is 13.2. The second kappa shape index (κ2) is 5.99. The number of nitrogens with zero attached hydrogens (tertiary/aromatic N) is 5. The fourth-order valence-electron chi connectivity index (χ4n) is 2.52. The zero-order chi connectivity index (χ0) is 17.3. The van der Waals surface area contributed by atoms with Crippen LogP contribution in [0.4, 0.5) is 11.4 Å². The maximum absolute atomic E-state index is 10.6. The van der Waals surface area contributed by atoms with Crippen LogP contribution in [0.3, 0.4) is 0 Å². The summed E-state index contributed by atoms with van der Waals surface area (Å²) < 4.78 is 3.42. The third kappa shape index (κ3) is 2.65. The molecule has 0 aliphatic rings. The molecule has 0 aliphatic carbocycles. The molecule has 4 rings (SSSR count). The topological polar surface area (TPSA) is 105 Å². The van der Waals surface area contributed by atoms with Gasteiger partial charge in [0.15, 0.2) is 0 Å². The second-order valence-corrected chi connectivity index (χ2v) is 5.28. The van der Waals surface area contributed by atoms with Gasteiger partial charge >= 0.3 is 0 Å². The van der Waals surface area contributed by atoms with E-state index in [2.05, 4.69) is 10.2 Å². The lowest BCUT2D eigenvalue weighted by molar-refractivity contribution is -0.383. The summed E-state index contributed by atoms with van der Waals surface area (Å²) in [6, 6.07) is 10.7. The molecule has 0 amide bonds. The van der Waals surface area contributed by atoms with Crippen molar-refractivity contribution in [1.82, 2.24) is 19.6 Å². The summed E-state index contributed by atoms with van der Waals surface area (Å²) >= 11 is 0. The average molecular weight is 324 g/mol. The molecule has 4 aromatic rings.